The molecule has 4 nitrogen and oxygen atoms in total. The molecule has 5 heteroatoms. The van der Waals surface area contributed by atoms with E-state index in [0.29, 0.717) is 12.5 Å². The number of nitrogens with one attached hydrogen (secondary N) is 2. The van der Waals surface area contributed by atoms with Gasteiger partial charge in [-0.2, -0.15) is 0 Å². The van der Waals surface area contributed by atoms with Gasteiger partial charge in [-0.25, -0.2) is 4.99 Å². The molecule has 0 fully saturated rings. The van der Waals surface area contributed by atoms with Crippen LogP contribution in [0.5, 0.6) is 0 Å². The number of nitrogens with zero attached hydrogens (tertiary/aromatic N) is 2. The summed E-state index contributed by atoms with van der Waals surface area (Å²) < 4.78 is 0. The highest BCUT2D eigenvalue weighted by Crippen LogP contribution is 2.17. The highest BCUT2D eigenvalue weighted by atomic mass is 32.1. The van der Waals surface area contributed by atoms with Crippen molar-refractivity contribution >= 4 is 28.2 Å². The van der Waals surface area contributed by atoms with Crippen molar-refractivity contribution in [3.63, 3.8) is 0 Å². The van der Waals surface area contributed by atoms with Crippen molar-refractivity contribution in [1.29, 1.82) is 0 Å². The molecular formula is C21H26N4S. The molecule has 0 radical (unpaired) electrons. The Morgan fingerprint density at radius 2 is 2.04 bits per heavy atom. The molecule has 0 aliphatic carbocycles. The zero-order chi connectivity index (χ0) is 18.2. The van der Waals surface area contributed by atoms with Gasteiger partial charge in [0.2, 0.25) is 0 Å². The summed E-state index contributed by atoms with van der Waals surface area (Å²) in [7, 11) is 0. The van der Waals surface area contributed by atoms with E-state index >= 15 is 0 Å². The first kappa shape index (κ1) is 18.4. The maximum absolute atomic E-state index is 4.77. The first-order valence-corrected chi connectivity index (χ1v) is 10.0. The fraction of sp³-hybridized carbons (Fsp3) is 0.333. The lowest BCUT2D eigenvalue weighted by Crippen LogP contribution is -2.39. The molecule has 136 valence electrons. The number of thiophene rings is 1. The summed E-state index contributed by atoms with van der Waals surface area (Å²) in [6.07, 6.45) is 2.95. The Balaban J connectivity index is 1.63. The van der Waals surface area contributed by atoms with Gasteiger partial charge in [0.15, 0.2) is 5.96 Å². The second kappa shape index (κ2) is 9.34. The quantitative estimate of drug-likeness (QED) is 0.486. The van der Waals surface area contributed by atoms with Gasteiger partial charge in [-0.3, -0.25) is 4.98 Å². The number of benzene rings is 1. The minimum atomic E-state index is 0.555. The monoisotopic (exact) mass is 366 g/mol. The Hall–Kier alpha value is -2.40. The second-order valence-corrected chi connectivity index (χ2v) is 7.48. The van der Waals surface area contributed by atoms with Gasteiger partial charge in [0.1, 0.15) is 0 Å². The average molecular weight is 367 g/mol. The van der Waals surface area contributed by atoms with Crippen LogP contribution >= 0.6 is 11.3 Å². The van der Waals surface area contributed by atoms with Gasteiger partial charge in [-0.1, -0.05) is 31.2 Å². The molecule has 3 aromatic rings. The van der Waals surface area contributed by atoms with E-state index in [2.05, 4.69) is 59.1 Å². The number of rotatable bonds is 7. The Bertz CT molecular complexity index is 837. The highest BCUT2D eigenvalue weighted by Gasteiger charge is 2.07. The summed E-state index contributed by atoms with van der Waals surface area (Å²) in [6, 6.07) is 14.6. The van der Waals surface area contributed by atoms with Crippen molar-refractivity contribution < 1.29 is 0 Å². The van der Waals surface area contributed by atoms with Crippen molar-refractivity contribution in [3.8, 4) is 0 Å². The maximum atomic E-state index is 4.77. The molecule has 3 rings (SSSR count). The molecule has 0 aliphatic heterocycles. The molecule has 2 aromatic heterocycles. The molecule has 1 atom stereocenters. The lowest BCUT2D eigenvalue weighted by molar-refractivity contribution is 0.562. The van der Waals surface area contributed by atoms with Crippen molar-refractivity contribution in [2.45, 2.75) is 26.8 Å². The van der Waals surface area contributed by atoms with Crippen molar-refractivity contribution in [2.75, 3.05) is 13.1 Å². The molecule has 0 saturated carbocycles. The molecule has 0 aliphatic rings. The molecule has 26 heavy (non-hydrogen) atoms. The van der Waals surface area contributed by atoms with E-state index in [4.69, 9.17) is 4.99 Å². The summed E-state index contributed by atoms with van der Waals surface area (Å²) in [4.78, 5) is 10.6. The summed E-state index contributed by atoms with van der Waals surface area (Å²) in [5.74, 6) is 1.42. The Morgan fingerprint density at radius 3 is 2.85 bits per heavy atom. The van der Waals surface area contributed by atoms with E-state index in [1.807, 2.05) is 35.7 Å². The van der Waals surface area contributed by atoms with Crippen LogP contribution in [0.4, 0.5) is 0 Å². The van der Waals surface area contributed by atoms with Gasteiger partial charge in [0.25, 0.3) is 0 Å². The summed E-state index contributed by atoms with van der Waals surface area (Å²) in [6.45, 7) is 6.75. The van der Waals surface area contributed by atoms with Gasteiger partial charge >= 0.3 is 0 Å². The van der Waals surface area contributed by atoms with Gasteiger partial charge in [-0.05, 0) is 48.4 Å². The third-order valence-corrected chi connectivity index (χ3v) is 5.14. The molecule has 2 N–H and O–H groups in total. The average Bonchev–Trinajstić information content (AvgIpc) is 3.17. The summed E-state index contributed by atoms with van der Waals surface area (Å²) >= 11 is 1.82. The molecule has 0 saturated heterocycles. The number of guanidine groups is 1. The van der Waals surface area contributed by atoms with Gasteiger partial charge in [0, 0.05) is 29.5 Å². The summed E-state index contributed by atoms with van der Waals surface area (Å²) in [5.41, 5.74) is 2.21. The van der Waals surface area contributed by atoms with Crippen LogP contribution < -0.4 is 10.6 Å². The first-order valence-electron chi connectivity index (χ1n) is 9.13. The van der Waals surface area contributed by atoms with Crippen LogP contribution in [0.15, 0.2) is 59.0 Å². The number of pyridine rings is 1. The standard InChI is InChI=1S/C21H26N4S/c1-3-22-21(24-14-16(2)13-18-7-6-12-26-18)25-15-17-10-11-23-20-9-5-4-8-19(17)20/h4-12,16H,3,13-15H2,1-2H3,(H2,22,24,25). The van der Waals surface area contributed by atoms with Crippen molar-refractivity contribution in [1.82, 2.24) is 15.6 Å². The molecular weight excluding hydrogens is 340 g/mol. The second-order valence-electron chi connectivity index (χ2n) is 6.45. The Kier molecular flexibility index (Phi) is 6.61. The lowest BCUT2D eigenvalue weighted by Gasteiger charge is -2.15. The molecule has 1 unspecified atom stereocenters. The van der Waals surface area contributed by atoms with E-state index in [-0.39, 0.29) is 0 Å². The Labute approximate surface area is 159 Å². The Morgan fingerprint density at radius 1 is 1.15 bits per heavy atom. The number of para-hydroxylation sites is 1. The predicted molar refractivity (Wildman–Crippen MR) is 112 cm³/mol. The SMILES string of the molecule is CCNC(=NCc1ccnc2ccccc12)NCC(C)Cc1cccs1. The van der Waals surface area contributed by atoms with E-state index < -0.39 is 0 Å². The topological polar surface area (TPSA) is 49.3 Å². The fourth-order valence-electron chi connectivity index (χ4n) is 2.91. The van der Waals surface area contributed by atoms with Crippen LogP contribution in [-0.2, 0) is 13.0 Å². The van der Waals surface area contributed by atoms with Crippen LogP contribution in [-0.4, -0.2) is 24.0 Å². The van der Waals surface area contributed by atoms with Crippen LogP contribution in [0.2, 0.25) is 0 Å². The molecule has 1 aromatic carbocycles. The van der Waals surface area contributed by atoms with E-state index in [0.717, 1.165) is 31.0 Å². The van der Waals surface area contributed by atoms with Crippen LogP contribution in [0, 0.1) is 5.92 Å². The van der Waals surface area contributed by atoms with E-state index in [9.17, 15) is 0 Å². The number of aliphatic imine (C=N–C) groups is 1. The van der Waals surface area contributed by atoms with E-state index in [1.54, 1.807) is 0 Å². The number of aromatic nitrogens is 1. The summed E-state index contributed by atoms with van der Waals surface area (Å²) in [5, 5.41) is 10.1. The zero-order valence-corrected chi connectivity index (χ0v) is 16.2. The first-order chi connectivity index (χ1) is 12.8. The highest BCUT2D eigenvalue weighted by molar-refractivity contribution is 7.09. The molecule has 0 amide bonds. The van der Waals surface area contributed by atoms with Crippen LogP contribution in [0.25, 0.3) is 10.9 Å². The van der Waals surface area contributed by atoms with Crippen LogP contribution in [0.3, 0.4) is 0 Å². The largest absolute Gasteiger partial charge is 0.357 e. The van der Waals surface area contributed by atoms with Crippen LogP contribution in [0.1, 0.15) is 24.3 Å². The number of fused-ring (bicyclic) bond motifs is 1. The minimum Gasteiger partial charge on any atom is -0.357 e. The smallest absolute Gasteiger partial charge is 0.191 e. The van der Waals surface area contributed by atoms with Gasteiger partial charge < -0.3 is 10.6 Å². The predicted octanol–water partition coefficient (Wildman–Crippen LogP) is 4.23. The normalized spacial score (nSPS) is 12.9. The minimum absolute atomic E-state index is 0.555. The fourth-order valence-corrected chi connectivity index (χ4v) is 3.78. The van der Waals surface area contributed by atoms with Gasteiger partial charge in [0.05, 0.1) is 12.1 Å². The number of hydrogen-bond donors (Lipinski definition) is 2. The maximum Gasteiger partial charge on any atom is 0.191 e. The van der Waals surface area contributed by atoms with Crippen molar-refractivity contribution in [2.24, 2.45) is 10.9 Å². The lowest BCUT2D eigenvalue weighted by atomic mass is 10.1. The van der Waals surface area contributed by atoms with Gasteiger partial charge in [-0.15, -0.1) is 11.3 Å². The zero-order valence-electron chi connectivity index (χ0n) is 15.4. The molecule has 0 spiro atoms. The number of hydrogen-bond acceptors (Lipinski definition) is 3. The molecule has 2 heterocycles. The van der Waals surface area contributed by atoms with Crippen molar-refractivity contribution in [3.05, 3.63) is 64.5 Å². The third-order valence-electron chi connectivity index (χ3n) is 4.24. The third kappa shape index (κ3) is 5.05. The molecule has 0 bridgehead atoms. The van der Waals surface area contributed by atoms with E-state index in [1.165, 1.54) is 15.8 Å².